The number of rotatable bonds is 5. The van der Waals surface area contributed by atoms with E-state index in [0.717, 1.165) is 18.9 Å². The molecule has 0 fully saturated rings. The average Bonchev–Trinajstić information content (AvgIpc) is 1.87. The molecule has 0 amide bonds. The Hall–Kier alpha value is 0.177. The Labute approximate surface area is 71.3 Å². The molecule has 0 aliphatic carbocycles. The van der Waals surface area contributed by atoms with Crippen LogP contribution in [0.2, 0.25) is 6.04 Å². The molecule has 0 aliphatic heterocycles. The SMILES string of the molecule is O=C=NCCCC[SiH](Cl)Cl. The Balaban J connectivity index is 2.98. The summed E-state index contributed by atoms with van der Waals surface area (Å²) in [6.07, 6.45) is 3.33. The minimum Gasteiger partial charge on any atom is -0.211 e. The Kier molecular flexibility index (Phi) is 7.41. The molecule has 0 unspecified atom stereocenters. The predicted octanol–water partition coefficient (Wildman–Crippen LogP) is 1.80. The molecular weight excluding hydrogens is 189 g/mol. The van der Waals surface area contributed by atoms with Crippen LogP contribution in [0.3, 0.4) is 0 Å². The number of carbonyl (C=O) groups excluding carboxylic acids is 1. The Morgan fingerprint density at radius 3 is 2.60 bits per heavy atom. The van der Waals surface area contributed by atoms with Crippen LogP contribution in [-0.2, 0) is 4.79 Å². The van der Waals surface area contributed by atoms with Crippen molar-refractivity contribution in [1.29, 1.82) is 0 Å². The highest BCUT2D eigenvalue weighted by atomic mass is 35.7. The van der Waals surface area contributed by atoms with Gasteiger partial charge in [-0.15, -0.1) is 0 Å². The Morgan fingerprint density at radius 1 is 1.40 bits per heavy atom. The number of unbranched alkanes of at least 4 members (excludes halogenated alkanes) is 1. The summed E-state index contributed by atoms with van der Waals surface area (Å²) in [6.45, 7) is 0.554. The van der Waals surface area contributed by atoms with E-state index in [1.807, 2.05) is 0 Å². The lowest BCUT2D eigenvalue weighted by molar-refractivity contribution is 0.562. The number of nitrogens with zero attached hydrogens (tertiary/aromatic N) is 1. The summed E-state index contributed by atoms with van der Waals surface area (Å²) in [4.78, 5) is 13.0. The van der Waals surface area contributed by atoms with Gasteiger partial charge in [-0.1, -0.05) is 6.42 Å². The third kappa shape index (κ3) is 8.18. The summed E-state index contributed by atoms with van der Waals surface area (Å²) in [5, 5.41) is 0. The Morgan fingerprint density at radius 2 is 2.10 bits per heavy atom. The highest BCUT2D eigenvalue weighted by Gasteiger charge is 1.99. The topological polar surface area (TPSA) is 29.4 Å². The van der Waals surface area contributed by atoms with Crippen LogP contribution in [0.15, 0.2) is 4.99 Å². The summed E-state index contributed by atoms with van der Waals surface area (Å²) in [5.74, 6) is 0. The molecule has 0 aromatic carbocycles. The molecule has 58 valence electrons. The van der Waals surface area contributed by atoms with Gasteiger partial charge < -0.3 is 0 Å². The highest BCUT2D eigenvalue weighted by Crippen LogP contribution is 2.07. The number of halogens is 2. The summed E-state index contributed by atoms with van der Waals surface area (Å²) >= 11 is 11.2. The maximum Gasteiger partial charge on any atom is 0.237 e. The van der Waals surface area contributed by atoms with Gasteiger partial charge in [-0.05, 0) is 12.5 Å². The molecule has 0 bridgehead atoms. The van der Waals surface area contributed by atoms with Gasteiger partial charge in [-0.2, -0.15) is 22.2 Å². The van der Waals surface area contributed by atoms with Crippen LogP contribution in [0.25, 0.3) is 0 Å². The summed E-state index contributed by atoms with van der Waals surface area (Å²) < 4.78 is 0. The molecule has 0 N–H and O–H groups in total. The van der Waals surface area contributed by atoms with Crippen molar-refractivity contribution in [3.05, 3.63) is 0 Å². The van der Waals surface area contributed by atoms with Gasteiger partial charge in [0.25, 0.3) is 0 Å². The van der Waals surface area contributed by atoms with Crippen LogP contribution in [0.1, 0.15) is 12.8 Å². The first-order valence-electron chi connectivity index (χ1n) is 3.09. The third-order valence-electron chi connectivity index (χ3n) is 1.01. The molecule has 0 rings (SSSR count). The molecule has 0 aromatic heterocycles. The summed E-state index contributed by atoms with van der Waals surface area (Å²) in [6, 6.07) is 0.900. The lowest BCUT2D eigenvalue weighted by Gasteiger charge is -1.94. The number of isocyanates is 1. The zero-order valence-corrected chi connectivity index (χ0v) is 8.18. The van der Waals surface area contributed by atoms with Gasteiger partial charge >= 0.3 is 0 Å². The van der Waals surface area contributed by atoms with E-state index >= 15 is 0 Å². The van der Waals surface area contributed by atoms with Crippen molar-refractivity contribution in [3.8, 4) is 0 Å². The fourth-order valence-electron chi connectivity index (χ4n) is 0.535. The monoisotopic (exact) mass is 197 g/mol. The summed E-state index contributed by atoms with van der Waals surface area (Å²) in [7, 11) is -1.42. The largest absolute Gasteiger partial charge is 0.237 e. The second-order valence-electron chi connectivity index (χ2n) is 1.86. The van der Waals surface area contributed by atoms with Crippen molar-refractivity contribution in [2.45, 2.75) is 18.9 Å². The van der Waals surface area contributed by atoms with E-state index in [9.17, 15) is 4.79 Å². The van der Waals surface area contributed by atoms with Crippen molar-refractivity contribution in [2.24, 2.45) is 4.99 Å². The predicted molar refractivity (Wildman–Crippen MR) is 45.9 cm³/mol. The van der Waals surface area contributed by atoms with E-state index in [1.165, 1.54) is 6.08 Å². The van der Waals surface area contributed by atoms with Gasteiger partial charge in [-0.25, -0.2) is 9.79 Å². The molecule has 0 radical (unpaired) electrons. The third-order valence-corrected chi connectivity index (χ3v) is 3.16. The normalized spacial score (nSPS) is 9.50. The van der Waals surface area contributed by atoms with Crippen LogP contribution < -0.4 is 0 Å². The quantitative estimate of drug-likeness (QED) is 0.218. The molecule has 0 aliphatic rings. The molecule has 0 aromatic rings. The van der Waals surface area contributed by atoms with E-state index in [1.54, 1.807) is 0 Å². The van der Waals surface area contributed by atoms with Crippen molar-refractivity contribution in [3.63, 3.8) is 0 Å². The van der Waals surface area contributed by atoms with Crippen LogP contribution in [0.5, 0.6) is 0 Å². The van der Waals surface area contributed by atoms with Gasteiger partial charge in [0.05, 0.1) is 6.54 Å². The van der Waals surface area contributed by atoms with Crippen molar-refractivity contribution < 1.29 is 4.79 Å². The van der Waals surface area contributed by atoms with Crippen LogP contribution in [-0.4, -0.2) is 20.0 Å². The molecule has 0 saturated heterocycles. The second-order valence-corrected chi connectivity index (χ2v) is 7.05. The molecule has 10 heavy (non-hydrogen) atoms. The lowest BCUT2D eigenvalue weighted by Crippen LogP contribution is -1.91. The fourth-order valence-corrected chi connectivity index (χ4v) is 2.06. The second kappa shape index (κ2) is 7.29. The van der Waals surface area contributed by atoms with Crippen molar-refractivity contribution in [2.75, 3.05) is 6.54 Å². The molecule has 0 heterocycles. The maximum absolute atomic E-state index is 9.57. The van der Waals surface area contributed by atoms with Crippen molar-refractivity contribution in [1.82, 2.24) is 0 Å². The minimum absolute atomic E-state index is 0.554. The standard InChI is InChI=1S/C5H9Cl2NOSi/c6-10(7)4-2-1-3-8-5-9/h10H,1-4H2. The molecule has 0 saturated carbocycles. The van der Waals surface area contributed by atoms with Crippen molar-refractivity contribution >= 4 is 35.7 Å². The van der Waals surface area contributed by atoms with Crippen LogP contribution in [0.4, 0.5) is 0 Å². The average molecular weight is 198 g/mol. The highest BCUT2D eigenvalue weighted by molar-refractivity contribution is 7.33. The summed E-state index contributed by atoms with van der Waals surface area (Å²) in [5.41, 5.74) is 0. The van der Waals surface area contributed by atoms with Gasteiger partial charge in [0.1, 0.15) is 0 Å². The van der Waals surface area contributed by atoms with E-state index in [4.69, 9.17) is 22.2 Å². The first-order valence-corrected chi connectivity index (χ1v) is 7.40. The van der Waals surface area contributed by atoms with Crippen LogP contribution >= 0.6 is 22.2 Å². The van der Waals surface area contributed by atoms with E-state index < -0.39 is 7.42 Å². The fraction of sp³-hybridized carbons (Fsp3) is 0.800. The Bertz CT molecular complexity index is 125. The van der Waals surface area contributed by atoms with E-state index in [0.29, 0.717) is 6.54 Å². The van der Waals surface area contributed by atoms with Gasteiger partial charge in [-0.3, -0.25) is 0 Å². The van der Waals surface area contributed by atoms with Crippen LogP contribution in [0, 0.1) is 0 Å². The molecular formula is C5H9Cl2NOSi. The zero-order valence-electron chi connectivity index (χ0n) is 5.52. The van der Waals surface area contributed by atoms with Gasteiger partial charge in [0.15, 0.2) is 0 Å². The smallest absolute Gasteiger partial charge is 0.211 e. The first-order chi connectivity index (χ1) is 4.77. The molecule has 0 atom stereocenters. The number of aliphatic imine (C=N–C) groups is 1. The van der Waals surface area contributed by atoms with Gasteiger partial charge in [0.2, 0.25) is 13.5 Å². The molecule has 0 spiro atoms. The zero-order chi connectivity index (χ0) is 7.82. The maximum atomic E-state index is 9.57. The molecule has 2 nitrogen and oxygen atoms in total. The number of hydrogen-bond donors (Lipinski definition) is 0. The molecule has 5 heteroatoms. The van der Waals surface area contributed by atoms with E-state index in [-0.39, 0.29) is 0 Å². The minimum atomic E-state index is -1.42. The first kappa shape index (κ1) is 10.2. The number of hydrogen-bond acceptors (Lipinski definition) is 2. The lowest BCUT2D eigenvalue weighted by atomic mass is 10.3. The van der Waals surface area contributed by atoms with E-state index in [2.05, 4.69) is 4.99 Å². The van der Waals surface area contributed by atoms with Gasteiger partial charge in [0, 0.05) is 0 Å².